The van der Waals surface area contributed by atoms with Gasteiger partial charge < -0.3 is 31.1 Å². The molecule has 1 saturated carbocycles. The second-order valence-electron chi connectivity index (χ2n) is 13.6. The van der Waals surface area contributed by atoms with Gasteiger partial charge in [0.05, 0.1) is 32.0 Å². The molecule has 5 N–H and O–H groups in total. The van der Waals surface area contributed by atoms with Crippen LogP contribution in [0.4, 0.5) is 15.9 Å². The lowest BCUT2D eigenvalue weighted by Gasteiger charge is -2.26. The number of anilines is 2. The average molecular weight is 793 g/mol. The fourth-order valence-corrected chi connectivity index (χ4v) is 8.66. The van der Waals surface area contributed by atoms with Gasteiger partial charge in [-0.05, 0) is 62.8 Å². The number of alkyl halides is 1. The Morgan fingerprint density at radius 2 is 1.78 bits per heavy atom. The number of aryl methyl sites for hydroxylation is 1. The van der Waals surface area contributed by atoms with Crippen LogP contribution >= 0.6 is 34.5 Å². The van der Waals surface area contributed by atoms with Gasteiger partial charge in [-0.1, -0.05) is 53.5 Å². The van der Waals surface area contributed by atoms with E-state index in [4.69, 9.17) is 32.9 Å². The second kappa shape index (κ2) is 17.0. The van der Waals surface area contributed by atoms with Crippen LogP contribution in [0.15, 0.2) is 54.7 Å². The van der Waals surface area contributed by atoms with Gasteiger partial charge in [-0.3, -0.25) is 9.59 Å². The maximum absolute atomic E-state index is 13.6. The molecule has 2 fully saturated rings. The van der Waals surface area contributed by atoms with Crippen molar-refractivity contribution >= 4 is 68.1 Å². The number of carboxylic acid groups (broad SMARTS) is 1. The molecule has 1 atom stereocenters. The van der Waals surface area contributed by atoms with Crippen molar-refractivity contribution in [2.24, 2.45) is 5.92 Å². The fraction of sp³-hybridized carbons (Fsp3) is 0.359. The Hall–Kier alpha value is -4.40. The molecule has 1 amide bonds. The minimum atomic E-state index is -1.04. The number of nitrogens with one attached hydrogen (secondary N) is 4. The number of thiazole rings is 1. The molecule has 0 bridgehead atoms. The van der Waals surface area contributed by atoms with E-state index in [-0.39, 0.29) is 29.8 Å². The summed E-state index contributed by atoms with van der Waals surface area (Å²) in [5.74, 6) is -0.167. The molecular weight excluding hydrogens is 752 g/mol. The number of carboxylic acids is 1. The van der Waals surface area contributed by atoms with Crippen LogP contribution in [0.1, 0.15) is 54.7 Å². The number of hydrogen-bond acceptors (Lipinski definition) is 10. The van der Waals surface area contributed by atoms with Crippen LogP contribution in [0, 0.1) is 12.8 Å². The largest absolute Gasteiger partial charge is 0.481 e. The fourth-order valence-electron chi connectivity index (χ4n) is 7.14. The molecule has 2 aromatic carbocycles. The van der Waals surface area contributed by atoms with Crippen molar-refractivity contribution in [1.29, 1.82) is 0 Å². The monoisotopic (exact) mass is 791 g/mol. The summed E-state index contributed by atoms with van der Waals surface area (Å²) >= 11 is 15.8. The first-order valence-electron chi connectivity index (χ1n) is 17.9. The van der Waals surface area contributed by atoms with Crippen LogP contribution in [-0.2, 0) is 22.7 Å². The quantitative estimate of drug-likeness (QED) is 0.0745. The molecular formula is C39H40Cl2FN7O4S. The van der Waals surface area contributed by atoms with Gasteiger partial charge in [0.25, 0.3) is 0 Å². The highest BCUT2D eigenvalue weighted by Crippen LogP contribution is 2.43. The Kier molecular flexibility index (Phi) is 11.9. The number of aliphatic carboxylic acids is 1. The summed E-state index contributed by atoms with van der Waals surface area (Å²) in [6.45, 7) is 2.44. The lowest BCUT2D eigenvalue weighted by atomic mass is 9.86. The molecule has 54 heavy (non-hydrogen) atoms. The number of carbonyl (C=O) groups is 2. The zero-order valence-electron chi connectivity index (χ0n) is 29.6. The van der Waals surface area contributed by atoms with Gasteiger partial charge in [0, 0.05) is 66.6 Å². The molecule has 5 aromatic rings. The highest BCUT2D eigenvalue weighted by Gasteiger charge is 2.26. The van der Waals surface area contributed by atoms with Gasteiger partial charge >= 0.3 is 5.97 Å². The third kappa shape index (κ3) is 8.45. The van der Waals surface area contributed by atoms with Gasteiger partial charge in [-0.25, -0.2) is 19.3 Å². The average Bonchev–Trinajstić information content (AvgIpc) is 3.79. The number of aromatic nitrogens is 3. The number of hydrogen-bond donors (Lipinski definition) is 5. The summed E-state index contributed by atoms with van der Waals surface area (Å²) in [5.41, 5.74) is 5.46. The highest BCUT2D eigenvalue weighted by molar-refractivity contribution is 7.18. The van der Waals surface area contributed by atoms with E-state index in [9.17, 15) is 19.1 Å². The van der Waals surface area contributed by atoms with Crippen LogP contribution in [0.25, 0.3) is 32.6 Å². The van der Waals surface area contributed by atoms with Crippen LogP contribution in [-0.4, -0.2) is 57.4 Å². The molecule has 1 aliphatic heterocycles. The Labute approximate surface area is 326 Å². The van der Waals surface area contributed by atoms with Crippen molar-refractivity contribution in [3.8, 4) is 28.3 Å². The third-order valence-electron chi connectivity index (χ3n) is 10.1. The SMILES string of the molecule is Cc1cc(-c2cccc(-c3cccc(Nc4nccc5sc(CN[C@H]6CC[C@@H](C(=O)O)CC6)nc45)c3Cl)c2Cl)nc(OCF)c1CNC[C@@H]1CCC(=O)N1. The summed E-state index contributed by atoms with van der Waals surface area (Å²) in [4.78, 5) is 37.1. The smallest absolute Gasteiger partial charge is 0.306 e. The summed E-state index contributed by atoms with van der Waals surface area (Å²) in [7, 11) is 0. The number of benzene rings is 2. The van der Waals surface area contributed by atoms with Crippen LogP contribution < -0.4 is 26.0 Å². The molecule has 1 saturated heterocycles. The van der Waals surface area contributed by atoms with E-state index in [2.05, 4.69) is 31.2 Å². The molecule has 0 radical (unpaired) electrons. The Morgan fingerprint density at radius 3 is 2.52 bits per heavy atom. The van der Waals surface area contributed by atoms with E-state index in [1.54, 1.807) is 17.5 Å². The summed E-state index contributed by atoms with van der Waals surface area (Å²) in [6, 6.07) is 15.4. The van der Waals surface area contributed by atoms with Gasteiger partial charge in [0.1, 0.15) is 10.5 Å². The van der Waals surface area contributed by atoms with Crippen LogP contribution in [0.3, 0.4) is 0 Å². The Bertz CT molecular complexity index is 2180. The van der Waals surface area contributed by atoms with E-state index in [1.165, 1.54) is 0 Å². The topological polar surface area (TPSA) is 150 Å². The molecule has 15 heteroatoms. The molecule has 4 heterocycles. The number of rotatable bonds is 14. The van der Waals surface area contributed by atoms with Gasteiger partial charge in [0.2, 0.25) is 18.6 Å². The zero-order chi connectivity index (χ0) is 37.8. The van der Waals surface area contributed by atoms with Gasteiger partial charge in [-0.2, -0.15) is 0 Å². The summed E-state index contributed by atoms with van der Waals surface area (Å²) < 4.78 is 19.9. The van der Waals surface area contributed by atoms with Gasteiger partial charge in [-0.15, -0.1) is 11.3 Å². The number of carbonyl (C=O) groups excluding carboxylic acids is 1. The van der Waals surface area contributed by atoms with E-state index in [0.29, 0.717) is 82.8 Å². The summed E-state index contributed by atoms with van der Waals surface area (Å²) in [6.07, 6.45) is 6.05. The summed E-state index contributed by atoms with van der Waals surface area (Å²) in [5, 5.41) is 24.3. The lowest BCUT2D eigenvalue weighted by molar-refractivity contribution is -0.142. The third-order valence-corrected chi connectivity index (χ3v) is 11.9. The zero-order valence-corrected chi connectivity index (χ0v) is 31.9. The number of amides is 1. The molecule has 0 spiro atoms. The van der Waals surface area contributed by atoms with Crippen molar-refractivity contribution in [3.63, 3.8) is 0 Å². The van der Waals surface area contributed by atoms with Crippen molar-refractivity contribution < 1.29 is 23.8 Å². The van der Waals surface area contributed by atoms with Crippen LogP contribution in [0.5, 0.6) is 5.88 Å². The molecule has 11 nitrogen and oxygen atoms in total. The predicted octanol–water partition coefficient (Wildman–Crippen LogP) is 8.19. The van der Waals surface area contributed by atoms with E-state index < -0.39 is 12.8 Å². The van der Waals surface area contributed by atoms with Crippen molar-refractivity contribution in [1.82, 2.24) is 30.9 Å². The predicted molar refractivity (Wildman–Crippen MR) is 210 cm³/mol. The molecule has 7 rings (SSSR count). The Morgan fingerprint density at radius 1 is 1.02 bits per heavy atom. The standard InChI is InChI=1S/C39H40Cl2FN7O4S/c1-21-16-30(48-38(53-20-42)28(21)18-43-17-24-12-13-32(50)46-24)27-6-2-4-25(34(27)40)26-5-3-7-29(35(26)41)47-37-36-31(14-15-44-37)54-33(49-36)19-45-23-10-8-22(9-11-23)39(51)52/h2-7,14-16,22-24,43,45H,8-13,17-20H2,1H3,(H,44,47)(H,46,50)(H,51,52)/t22-,23+,24-/m0/s1. The molecule has 0 unspecified atom stereocenters. The van der Waals surface area contributed by atoms with Gasteiger partial charge in [0.15, 0.2) is 5.82 Å². The number of nitrogens with zero attached hydrogens (tertiary/aromatic N) is 3. The number of pyridine rings is 2. The van der Waals surface area contributed by atoms with Crippen molar-refractivity contribution in [2.45, 2.75) is 70.6 Å². The highest BCUT2D eigenvalue weighted by atomic mass is 35.5. The first kappa shape index (κ1) is 37.9. The van der Waals surface area contributed by atoms with E-state index in [0.717, 1.165) is 45.6 Å². The lowest BCUT2D eigenvalue weighted by Crippen LogP contribution is -2.35. The minimum absolute atomic E-state index is 0.0495. The van der Waals surface area contributed by atoms with Crippen molar-refractivity contribution in [2.75, 3.05) is 18.7 Å². The first-order chi connectivity index (χ1) is 26.2. The Balaban J connectivity index is 1.09. The molecule has 1 aliphatic carbocycles. The molecule has 282 valence electrons. The van der Waals surface area contributed by atoms with Crippen LogP contribution in [0.2, 0.25) is 10.0 Å². The first-order valence-corrected chi connectivity index (χ1v) is 19.5. The number of ether oxygens (including phenoxy) is 1. The number of halogens is 3. The molecule has 3 aromatic heterocycles. The minimum Gasteiger partial charge on any atom is -0.481 e. The maximum atomic E-state index is 13.6. The molecule has 2 aliphatic rings. The van der Waals surface area contributed by atoms with E-state index in [1.807, 2.05) is 55.5 Å². The van der Waals surface area contributed by atoms with Crippen molar-refractivity contribution in [3.05, 3.63) is 80.9 Å². The second-order valence-corrected chi connectivity index (χ2v) is 15.5. The van der Waals surface area contributed by atoms with E-state index >= 15 is 0 Å². The maximum Gasteiger partial charge on any atom is 0.306 e. The normalized spacial score (nSPS) is 18.5. The number of fused-ring (bicyclic) bond motifs is 1.